The van der Waals surface area contributed by atoms with Crippen molar-refractivity contribution in [3.8, 4) is 0 Å². The highest BCUT2D eigenvalue weighted by atomic mass is 16.6. The number of carbonyl (C=O) groups excluding carboxylic acids is 3. The molecule has 3 atom stereocenters. The van der Waals surface area contributed by atoms with E-state index in [0.29, 0.717) is 19.5 Å². The molecule has 2 amide bonds. The van der Waals surface area contributed by atoms with E-state index >= 15 is 0 Å². The third kappa shape index (κ3) is 5.45. The van der Waals surface area contributed by atoms with E-state index in [2.05, 4.69) is 5.32 Å². The van der Waals surface area contributed by atoms with E-state index in [4.69, 9.17) is 9.47 Å². The summed E-state index contributed by atoms with van der Waals surface area (Å²) in [6, 6.07) is -0.793. The van der Waals surface area contributed by atoms with Crippen LogP contribution in [-0.4, -0.2) is 77.7 Å². The smallest absolute Gasteiger partial charge is 0.411 e. The van der Waals surface area contributed by atoms with Crippen LogP contribution in [0.5, 0.6) is 0 Å². The number of carbonyl (C=O) groups is 3. The standard InChI is InChI=1S/C22H37N3O5/c1-5-29-20(27)18-17(11-13-25(18)21(28)30-22(2,3)4)23-16-10-12-24(14-16)19(26)15-8-6-7-9-15/h15-18,23H,5-14H2,1-4H3/t16-,17+,18+/m1/s1. The zero-order valence-electron chi connectivity index (χ0n) is 18.8. The fraction of sp³-hybridized carbons (Fsp3) is 0.864. The maximum absolute atomic E-state index is 12.7. The van der Waals surface area contributed by atoms with E-state index in [9.17, 15) is 14.4 Å². The Bertz CT molecular complexity index is 641. The molecule has 8 heteroatoms. The number of esters is 1. The second-order valence-electron chi connectivity index (χ2n) is 9.68. The van der Waals surface area contributed by atoms with E-state index in [1.54, 1.807) is 6.92 Å². The molecule has 2 heterocycles. The molecule has 0 radical (unpaired) electrons. The molecule has 1 N–H and O–H groups in total. The maximum Gasteiger partial charge on any atom is 0.411 e. The van der Waals surface area contributed by atoms with Crippen molar-refractivity contribution in [1.29, 1.82) is 0 Å². The fourth-order valence-electron chi connectivity index (χ4n) is 4.84. The first-order chi connectivity index (χ1) is 14.2. The molecule has 0 aromatic heterocycles. The Kier molecular flexibility index (Phi) is 7.26. The van der Waals surface area contributed by atoms with Gasteiger partial charge in [-0.05, 0) is 53.4 Å². The number of nitrogens with zero attached hydrogens (tertiary/aromatic N) is 2. The molecule has 3 aliphatic rings. The van der Waals surface area contributed by atoms with Crippen LogP contribution in [-0.2, 0) is 19.1 Å². The number of ether oxygens (including phenoxy) is 2. The molecule has 0 spiro atoms. The average molecular weight is 424 g/mol. The highest BCUT2D eigenvalue weighted by Crippen LogP contribution is 2.29. The van der Waals surface area contributed by atoms with Gasteiger partial charge in [-0.2, -0.15) is 0 Å². The average Bonchev–Trinajstić information content (AvgIpc) is 3.41. The Hall–Kier alpha value is -1.83. The first-order valence-electron chi connectivity index (χ1n) is 11.4. The minimum atomic E-state index is -0.709. The number of nitrogens with one attached hydrogen (secondary N) is 1. The van der Waals surface area contributed by atoms with E-state index in [1.807, 2.05) is 25.7 Å². The Labute approximate surface area is 179 Å². The van der Waals surface area contributed by atoms with Crippen molar-refractivity contribution in [3.05, 3.63) is 0 Å². The van der Waals surface area contributed by atoms with Crippen LogP contribution in [0.1, 0.15) is 66.2 Å². The summed E-state index contributed by atoms with van der Waals surface area (Å²) >= 11 is 0. The fourth-order valence-corrected chi connectivity index (χ4v) is 4.84. The molecule has 170 valence electrons. The van der Waals surface area contributed by atoms with Gasteiger partial charge in [0.05, 0.1) is 6.61 Å². The normalized spacial score (nSPS) is 27.5. The lowest BCUT2D eigenvalue weighted by atomic mass is 10.1. The number of likely N-dealkylation sites (tertiary alicyclic amines) is 2. The van der Waals surface area contributed by atoms with Gasteiger partial charge in [-0.25, -0.2) is 9.59 Å². The number of amides is 2. The van der Waals surface area contributed by atoms with E-state index < -0.39 is 23.7 Å². The second-order valence-corrected chi connectivity index (χ2v) is 9.68. The molecule has 2 saturated heterocycles. The predicted molar refractivity (Wildman–Crippen MR) is 112 cm³/mol. The van der Waals surface area contributed by atoms with Gasteiger partial charge in [0.2, 0.25) is 5.91 Å². The summed E-state index contributed by atoms with van der Waals surface area (Å²) in [4.78, 5) is 41.5. The van der Waals surface area contributed by atoms with E-state index in [1.165, 1.54) is 4.90 Å². The number of hydrogen-bond donors (Lipinski definition) is 1. The number of rotatable bonds is 5. The first-order valence-corrected chi connectivity index (χ1v) is 11.4. The van der Waals surface area contributed by atoms with Crippen LogP contribution in [0.3, 0.4) is 0 Å². The first kappa shape index (κ1) is 22.8. The Morgan fingerprint density at radius 3 is 2.37 bits per heavy atom. The third-order valence-corrected chi connectivity index (χ3v) is 6.21. The van der Waals surface area contributed by atoms with Crippen LogP contribution in [0, 0.1) is 5.92 Å². The molecule has 1 aliphatic carbocycles. The Morgan fingerprint density at radius 2 is 1.73 bits per heavy atom. The highest BCUT2D eigenvalue weighted by Gasteiger charge is 2.45. The van der Waals surface area contributed by atoms with Crippen LogP contribution in [0.2, 0.25) is 0 Å². The zero-order valence-corrected chi connectivity index (χ0v) is 18.8. The molecule has 8 nitrogen and oxygen atoms in total. The van der Waals surface area contributed by atoms with Crippen molar-refractivity contribution in [2.45, 2.75) is 89.9 Å². The molecule has 0 unspecified atom stereocenters. The van der Waals surface area contributed by atoms with Gasteiger partial charge >= 0.3 is 12.1 Å². The summed E-state index contributed by atoms with van der Waals surface area (Å²) < 4.78 is 10.8. The topological polar surface area (TPSA) is 88.2 Å². The van der Waals surface area contributed by atoms with Gasteiger partial charge in [0, 0.05) is 37.6 Å². The summed E-state index contributed by atoms with van der Waals surface area (Å²) in [5.74, 6) is 0.0564. The summed E-state index contributed by atoms with van der Waals surface area (Å²) in [5, 5.41) is 3.55. The lowest BCUT2D eigenvalue weighted by Gasteiger charge is -2.30. The van der Waals surface area contributed by atoms with Crippen molar-refractivity contribution >= 4 is 18.0 Å². The van der Waals surface area contributed by atoms with E-state index in [-0.39, 0.29) is 30.5 Å². The van der Waals surface area contributed by atoms with E-state index in [0.717, 1.165) is 38.6 Å². The minimum Gasteiger partial charge on any atom is -0.464 e. The van der Waals surface area contributed by atoms with Crippen LogP contribution >= 0.6 is 0 Å². The molecular formula is C22H37N3O5. The molecule has 0 aromatic rings. The quantitative estimate of drug-likeness (QED) is 0.683. The SMILES string of the molecule is CCOC(=O)[C@@H]1[C@@H](N[C@@H]2CCN(C(=O)C3CCCC3)C2)CCN1C(=O)OC(C)(C)C. The van der Waals surface area contributed by atoms with Crippen molar-refractivity contribution < 1.29 is 23.9 Å². The van der Waals surface area contributed by atoms with Crippen molar-refractivity contribution in [2.75, 3.05) is 26.2 Å². The lowest BCUT2D eigenvalue weighted by Crippen LogP contribution is -2.53. The van der Waals surface area contributed by atoms with Gasteiger partial charge in [-0.1, -0.05) is 12.8 Å². The van der Waals surface area contributed by atoms with Crippen LogP contribution < -0.4 is 5.32 Å². The van der Waals surface area contributed by atoms with Crippen molar-refractivity contribution in [2.24, 2.45) is 5.92 Å². The summed E-state index contributed by atoms with van der Waals surface area (Å²) in [5.41, 5.74) is -0.631. The third-order valence-electron chi connectivity index (χ3n) is 6.21. The van der Waals surface area contributed by atoms with Crippen LogP contribution in [0.15, 0.2) is 0 Å². The number of hydrogen-bond acceptors (Lipinski definition) is 6. The zero-order chi connectivity index (χ0) is 21.9. The predicted octanol–water partition coefficient (Wildman–Crippen LogP) is 2.31. The van der Waals surface area contributed by atoms with Gasteiger partial charge in [-0.15, -0.1) is 0 Å². The highest BCUT2D eigenvalue weighted by molar-refractivity contribution is 5.83. The molecule has 3 fully saturated rings. The largest absolute Gasteiger partial charge is 0.464 e. The van der Waals surface area contributed by atoms with Gasteiger partial charge in [0.25, 0.3) is 0 Å². The van der Waals surface area contributed by atoms with Gasteiger partial charge in [0.15, 0.2) is 0 Å². The lowest BCUT2D eigenvalue weighted by molar-refractivity contribution is -0.149. The Morgan fingerprint density at radius 1 is 1.03 bits per heavy atom. The molecule has 30 heavy (non-hydrogen) atoms. The summed E-state index contributed by atoms with van der Waals surface area (Å²) in [6.45, 7) is 9.30. The molecule has 2 aliphatic heterocycles. The minimum absolute atomic E-state index is 0.121. The molecule has 1 saturated carbocycles. The molecule has 0 aromatic carbocycles. The maximum atomic E-state index is 12.7. The monoisotopic (exact) mass is 423 g/mol. The van der Waals surface area contributed by atoms with Crippen LogP contribution in [0.4, 0.5) is 4.79 Å². The van der Waals surface area contributed by atoms with Crippen molar-refractivity contribution in [1.82, 2.24) is 15.1 Å². The molecule has 0 bridgehead atoms. The van der Waals surface area contributed by atoms with Crippen LogP contribution in [0.25, 0.3) is 0 Å². The van der Waals surface area contributed by atoms with Gasteiger partial charge in [0.1, 0.15) is 11.6 Å². The second kappa shape index (κ2) is 9.54. The summed E-state index contributed by atoms with van der Waals surface area (Å²) in [7, 11) is 0. The molecule has 3 rings (SSSR count). The summed E-state index contributed by atoms with van der Waals surface area (Å²) in [6.07, 6.45) is 5.32. The van der Waals surface area contributed by atoms with Crippen molar-refractivity contribution in [3.63, 3.8) is 0 Å². The van der Waals surface area contributed by atoms with Gasteiger partial charge in [-0.3, -0.25) is 9.69 Å². The molecular weight excluding hydrogens is 386 g/mol. The Balaban J connectivity index is 1.62. The van der Waals surface area contributed by atoms with Gasteiger partial charge < -0.3 is 19.7 Å².